The fraction of sp³-hybridized carbons (Fsp3) is 0.304. The van der Waals surface area contributed by atoms with Gasteiger partial charge in [-0.1, -0.05) is 19.1 Å². The van der Waals surface area contributed by atoms with Gasteiger partial charge in [0, 0.05) is 54.8 Å². The largest absolute Gasteiger partial charge is 0.390 e. The van der Waals surface area contributed by atoms with Crippen LogP contribution in [0, 0.1) is 22.2 Å². The first-order valence-corrected chi connectivity index (χ1v) is 9.68. The Kier molecular flexibility index (Phi) is 4.67. The molecule has 0 unspecified atom stereocenters. The number of nitrogens with zero attached hydrogens (tertiary/aromatic N) is 3. The van der Waals surface area contributed by atoms with E-state index in [4.69, 9.17) is 5.41 Å². The van der Waals surface area contributed by atoms with E-state index < -0.39 is 0 Å². The molecule has 4 rings (SSSR count). The first-order chi connectivity index (χ1) is 13.9. The summed E-state index contributed by atoms with van der Waals surface area (Å²) in [6, 6.07) is 11.3. The Labute approximate surface area is 170 Å². The third-order valence-corrected chi connectivity index (χ3v) is 5.73. The number of hydrogen-bond acceptors (Lipinski definition) is 5. The third-order valence-electron chi connectivity index (χ3n) is 5.73. The summed E-state index contributed by atoms with van der Waals surface area (Å²) in [6.45, 7) is 3.70. The van der Waals surface area contributed by atoms with E-state index in [0.717, 1.165) is 23.2 Å². The molecule has 1 aromatic carbocycles. The Morgan fingerprint density at radius 3 is 2.86 bits per heavy atom. The summed E-state index contributed by atoms with van der Waals surface area (Å²) in [7, 11) is 1.78. The maximum atomic E-state index is 12.4. The number of carbonyl (C=O) groups is 1. The van der Waals surface area contributed by atoms with Crippen molar-refractivity contribution in [3.05, 3.63) is 58.9 Å². The normalized spacial score (nSPS) is 16.9. The summed E-state index contributed by atoms with van der Waals surface area (Å²) in [5.41, 5.74) is 5.11. The summed E-state index contributed by atoms with van der Waals surface area (Å²) >= 11 is 0. The van der Waals surface area contributed by atoms with Gasteiger partial charge in [-0.15, -0.1) is 0 Å². The molecule has 146 valence electrons. The average Bonchev–Trinajstić information content (AvgIpc) is 3.40. The first-order valence-electron chi connectivity index (χ1n) is 9.68. The van der Waals surface area contributed by atoms with Gasteiger partial charge in [-0.2, -0.15) is 5.26 Å². The van der Waals surface area contributed by atoms with E-state index in [1.807, 2.05) is 30.5 Å². The highest BCUT2D eigenvalue weighted by molar-refractivity contribution is 6.10. The molecule has 2 heterocycles. The second-order valence-corrected chi connectivity index (χ2v) is 8.17. The zero-order valence-corrected chi connectivity index (χ0v) is 16.6. The summed E-state index contributed by atoms with van der Waals surface area (Å²) in [5.74, 6) is -0.0120. The summed E-state index contributed by atoms with van der Waals surface area (Å²) in [4.78, 5) is 18.6. The molecule has 1 amide bonds. The average molecular weight is 385 g/mol. The van der Waals surface area contributed by atoms with Crippen LogP contribution < -0.4 is 5.32 Å². The number of benzene rings is 1. The Morgan fingerprint density at radius 2 is 2.17 bits per heavy atom. The monoisotopic (exact) mass is 385 g/mol. The lowest BCUT2D eigenvalue weighted by atomic mass is 9.97. The van der Waals surface area contributed by atoms with Crippen molar-refractivity contribution in [2.24, 2.45) is 5.41 Å². The highest BCUT2D eigenvalue weighted by Crippen LogP contribution is 2.44. The lowest BCUT2D eigenvalue weighted by Gasteiger charge is -2.13. The molecule has 0 bridgehead atoms. The molecule has 0 spiro atoms. The number of rotatable bonds is 6. The van der Waals surface area contributed by atoms with Crippen LogP contribution in [-0.4, -0.2) is 35.6 Å². The molecule has 0 atom stereocenters. The second kappa shape index (κ2) is 7.17. The quantitative estimate of drug-likeness (QED) is 0.743. The number of hydrogen-bond donors (Lipinski definition) is 2. The Bertz CT molecular complexity index is 1080. The van der Waals surface area contributed by atoms with Crippen LogP contribution in [-0.2, 0) is 6.54 Å². The van der Waals surface area contributed by atoms with Gasteiger partial charge in [0.2, 0.25) is 0 Å². The molecular weight excluding hydrogens is 362 g/mol. The molecule has 1 fully saturated rings. The number of aromatic nitrogens is 1. The third kappa shape index (κ3) is 3.64. The van der Waals surface area contributed by atoms with Gasteiger partial charge in [-0.25, -0.2) is 4.98 Å². The highest BCUT2D eigenvalue weighted by atomic mass is 16.2. The van der Waals surface area contributed by atoms with Gasteiger partial charge >= 0.3 is 0 Å². The number of allylic oxidation sites excluding steroid dienone is 1. The lowest BCUT2D eigenvalue weighted by Crippen LogP contribution is -2.17. The molecular formula is C23H23N5O. The Morgan fingerprint density at radius 1 is 1.38 bits per heavy atom. The van der Waals surface area contributed by atoms with Crippen LogP contribution in [0.4, 0.5) is 0 Å². The van der Waals surface area contributed by atoms with Crippen LogP contribution in [0.1, 0.15) is 46.9 Å². The predicted molar refractivity (Wildman–Crippen MR) is 112 cm³/mol. The topological polar surface area (TPSA) is 92.9 Å². The molecule has 0 radical (unpaired) electrons. The van der Waals surface area contributed by atoms with Crippen LogP contribution in [0.5, 0.6) is 0 Å². The molecule has 2 aliphatic rings. The molecule has 0 saturated heterocycles. The maximum Gasteiger partial charge on any atom is 0.254 e. The second-order valence-electron chi connectivity index (χ2n) is 8.17. The van der Waals surface area contributed by atoms with E-state index in [1.165, 1.54) is 19.1 Å². The molecule has 6 heteroatoms. The smallest absolute Gasteiger partial charge is 0.254 e. The zero-order chi connectivity index (χ0) is 20.6. The molecule has 1 aromatic heterocycles. The minimum absolute atomic E-state index is 0.0120. The van der Waals surface area contributed by atoms with Crippen molar-refractivity contribution >= 4 is 17.7 Å². The van der Waals surface area contributed by atoms with Crippen LogP contribution in [0.3, 0.4) is 0 Å². The number of nitrogens with one attached hydrogen (secondary N) is 2. The van der Waals surface area contributed by atoms with E-state index in [1.54, 1.807) is 18.0 Å². The predicted octanol–water partition coefficient (Wildman–Crippen LogP) is 3.59. The van der Waals surface area contributed by atoms with Crippen LogP contribution in [0.2, 0.25) is 0 Å². The van der Waals surface area contributed by atoms with Crippen LogP contribution in [0.15, 0.2) is 36.5 Å². The van der Waals surface area contributed by atoms with Gasteiger partial charge in [0.15, 0.2) is 0 Å². The molecule has 1 aliphatic heterocycles. The van der Waals surface area contributed by atoms with Gasteiger partial charge in [0.1, 0.15) is 11.8 Å². The standard InChI is InChI=1S/C23H23N5O/c1-23(7-8-23)14-26-12-17(10-24)19-6-5-18(11-25)27-21(19)15-3-4-16-13-28(2)22(29)20(16)9-15/h3-6,9-10,12,24,26H,7-8,13-14H2,1-2H3/b17-12+,24-10?. The van der Waals surface area contributed by atoms with Gasteiger partial charge < -0.3 is 15.6 Å². The lowest BCUT2D eigenvalue weighted by molar-refractivity contribution is 0.0816. The first kappa shape index (κ1) is 18.9. The van der Waals surface area contributed by atoms with Crippen molar-refractivity contribution in [1.29, 1.82) is 10.7 Å². The van der Waals surface area contributed by atoms with Crippen molar-refractivity contribution < 1.29 is 4.79 Å². The molecule has 2 N–H and O–H groups in total. The molecule has 2 aromatic rings. The fourth-order valence-electron chi connectivity index (χ4n) is 3.56. The van der Waals surface area contributed by atoms with Crippen molar-refractivity contribution in [2.45, 2.75) is 26.3 Å². The van der Waals surface area contributed by atoms with Crippen molar-refractivity contribution in [3.8, 4) is 17.3 Å². The van der Waals surface area contributed by atoms with Crippen LogP contribution >= 0.6 is 0 Å². The molecule has 1 saturated carbocycles. The minimum Gasteiger partial charge on any atom is -0.390 e. The van der Waals surface area contributed by atoms with E-state index in [2.05, 4.69) is 23.3 Å². The summed E-state index contributed by atoms with van der Waals surface area (Å²) < 4.78 is 0. The summed E-state index contributed by atoms with van der Waals surface area (Å²) in [6.07, 6.45) is 5.57. The molecule has 29 heavy (non-hydrogen) atoms. The maximum absolute atomic E-state index is 12.4. The molecule has 6 nitrogen and oxygen atoms in total. The van der Waals surface area contributed by atoms with E-state index in [9.17, 15) is 10.1 Å². The van der Waals surface area contributed by atoms with E-state index >= 15 is 0 Å². The van der Waals surface area contributed by atoms with Gasteiger partial charge in [0.25, 0.3) is 5.91 Å². The summed E-state index contributed by atoms with van der Waals surface area (Å²) in [5, 5.41) is 20.6. The number of amides is 1. The Hall–Kier alpha value is -3.46. The van der Waals surface area contributed by atoms with E-state index in [0.29, 0.717) is 34.5 Å². The van der Waals surface area contributed by atoms with E-state index in [-0.39, 0.29) is 5.91 Å². The fourth-order valence-corrected chi connectivity index (χ4v) is 3.56. The van der Waals surface area contributed by atoms with Gasteiger partial charge in [0.05, 0.1) is 5.69 Å². The SMILES string of the molecule is CN1Cc2ccc(-c3nc(C#N)ccc3/C(C=N)=C/NCC3(C)CC3)cc2C1=O. The highest BCUT2D eigenvalue weighted by Gasteiger charge is 2.36. The Balaban J connectivity index is 1.75. The van der Waals surface area contributed by atoms with Crippen molar-refractivity contribution in [2.75, 3.05) is 13.6 Å². The van der Waals surface area contributed by atoms with Gasteiger partial charge in [-0.3, -0.25) is 4.79 Å². The number of nitriles is 1. The van der Waals surface area contributed by atoms with Gasteiger partial charge in [-0.05, 0) is 42.0 Å². The zero-order valence-electron chi connectivity index (χ0n) is 16.6. The molecule has 1 aliphatic carbocycles. The van der Waals surface area contributed by atoms with Crippen molar-refractivity contribution in [1.82, 2.24) is 15.2 Å². The number of fused-ring (bicyclic) bond motifs is 1. The number of carbonyl (C=O) groups excluding carboxylic acids is 1. The van der Waals surface area contributed by atoms with Crippen molar-refractivity contribution in [3.63, 3.8) is 0 Å². The number of pyridine rings is 1. The van der Waals surface area contributed by atoms with Crippen LogP contribution in [0.25, 0.3) is 16.8 Å². The minimum atomic E-state index is -0.0120.